The standard InChI is InChI=1S/C37H23N3/c1-38-31-17-7-10-20-34(31)40-33-19-9-6-15-28(33)30-16-11-21-35(37(30)40)39-32-18-8-5-14-27(32)29-23-22-26(24-36(29)39)25-12-3-2-4-13-25/h2-24H. The maximum Gasteiger partial charge on any atom is 0.210 e. The molecule has 0 unspecified atom stereocenters. The molecule has 0 aliphatic carbocycles. The summed E-state index contributed by atoms with van der Waals surface area (Å²) >= 11 is 0. The first-order valence-electron chi connectivity index (χ1n) is 13.4. The SMILES string of the molecule is [C-]#[N+]c1ccccc1-n1c2ccccc2c2cccc(-n3c4ccccc4c4ccc(-c5ccccc5)cc43)c21. The van der Waals surface area contributed by atoms with Gasteiger partial charge >= 0.3 is 0 Å². The van der Waals surface area contributed by atoms with Crippen LogP contribution < -0.4 is 0 Å². The summed E-state index contributed by atoms with van der Waals surface area (Å²) in [5.74, 6) is 0. The van der Waals surface area contributed by atoms with Crippen molar-refractivity contribution in [2.75, 3.05) is 0 Å². The monoisotopic (exact) mass is 509 g/mol. The Morgan fingerprint density at radius 1 is 0.425 bits per heavy atom. The summed E-state index contributed by atoms with van der Waals surface area (Å²) in [5, 5.41) is 4.78. The van der Waals surface area contributed by atoms with Gasteiger partial charge in [0.1, 0.15) is 0 Å². The van der Waals surface area contributed by atoms with Crippen LogP contribution in [0.25, 0.3) is 71.0 Å². The van der Waals surface area contributed by atoms with E-state index in [4.69, 9.17) is 6.57 Å². The van der Waals surface area contributed by atoms with Gasteiger partial charge < -0.3 is 9.13 Å². The summed E-state index contributed by atoms with van der Waals surface area (Å²) in [6, 6.07) is 48.9. The molecule has 186 valence electrons. The fourth-order valence-electron chi connectivity index (χ4n) is 6.22. The lowest BCUT2D eigenvalue weighted by molar-refractivity contribution is 1.13. The van der Waals surface area contributed by atoms with Crippen LogP contribution in [0.4, 0.5) is 5.69 Å². The highest BCUT2D eigenvalue weighted by atomic mass is 15.1. The van der Waals surface area contributed by atoms with Crippen molar-refractivity contribution in [1.29, 1.82) is 0 Å². The molecule has 3 heteroatoms. The van der Waals surface area contributed by atoms with Gasteiger partial charge in [-0.3, -0.25) is 0 Å². The maximum absolute atomic E-state index is 7.92. The van der Waals surface area contributed by atoms with Gasteiger partial charge in [-0.1, -0.05) is 109 Å². The van der Waals surface area contributed by atoms with E-state index in [1.165, 1.54) is 27.3 Å². The normalized spacial score (nSPS) is 11.5. The first-order chi connectivity index (χ1) is 19.8. The summed E-state index contributed by atoms with van der Waals surface area (Å²) in [6.07, 6.45) is 0. The Bertz CT molecular complexity index is 2280. The molecule has 0 aliphatic heterocycles. The highest BCUT2D eigenvalue weighted by molar-refractivity contribution is 6.15. The van der Waals surface area contributed by atoms with Crippen LogP contribution in [0.1, 0.15) is 0 Å². The molecule has 0 N–H and O–H groups in total. The topological polar surface area (TPSA) is 14.2 Å². The molecule has 0 bridgehead atoms. The molecular weight excluding hydrogens is 486 g/mol. The zero-order valence-electron chi connectivity index (χ0n) is 21.6. The van der Waals surface area contributed by atoms with Crippen LogP contribution in [-0.4, -0.2) is 9.13 Å². The van der Waals surface area contributed by atoms with Crippen LogP contribution in [0.15, 0.2) is 140 Å². The number of hydrogen-bond acceptors (Lipinski definition) is 0. The number of hydrogen-bond donors (Lipinski definition) is 0. The van der Waals surface area contributed by atoms with Crippen LogP contribution in [0, 0.1) is 6.57 Å². The van der Waals surface area contributed by atoms with Crippen molar-refractivity contribution >= 4 is 49.3 Å². The Morgan fingerprint density at radius 3 is 1.82 bits per heavy atom. The van der Waals surface area contributed by atoms with Crippen LogP contribution in [0.5, 0.6) is 0 Å². The van der Waals surface area contributed by atoms with Gasteiger partial charge in [0.15, 0.2) is 0 Å². The van der Waals surface area contributed by atoms with E-state index < -0.39 is 0 Å². The second kappa shape index (κ2) is 8.73. The van der Waals surface area contributed by atoms with Crippen molar-refractivity contribution in [1.82, 2.24) is 9.13 Å². The quantitative estimate of drug-likeness (QED) is 0.210. The first kappa shape index (κ1) is 22.4. The highest BCUT2D eigenvalue weighted by Gasteiger charge is 2.21. The van der Waals surface area contributed by atoms with E-state index in [0.29, 0.717) is 5.69 Å². The predicted octanol–water partition coefficient (Wildman–Crippen LogP) is 10.1. The molecule has 0 aliphatic rings. The molecule has 6 aromatic carbocycles. The molecule has 3 nitrogen and oxygen atoms in total. The Kier molecular flexibility index (Phi) is 4.89. The third-order valence-corrected chi connectivity index (χ3v) is 7.94. The number of nitrogens with zero attached hydrogens (tertiary/aromatic N) is 3. The van der Waals surface area contributed by atoms with Gasteiger partial charge in [-0.25, -0.2) is 4.85 Å². The largest absolute Gasteiger partial charge is 0.317 e. The average molecular weight is 510 g/mol. The van der Waals surface area contributed by atoms with Crippen LogP contribution in [0.3, 0.4) is 0 Å². The molecule has 2 aromatic heterocycles. The van der Waals surface area contributed by atoms with Crippen molar-refractivity contribution in [2.24, 2.45) is 0 Å². The molecule has 0 fully saturated rings. The minimum Gasteiger partial charge on any atom is -0.317 e. The van der Waals surface area contributed by atoms with Gasteiger partial charge in [-0.05, 0) is 41.5 Å². The first-order valence-corrected chi connectivity index (χ1v) is 13.4. The van der Waals surface area contributed by atoms with Gasteiger partial charge in [0.2, 0.25) is 5.69 Å². The predicted molar refractivity (Wildman–Crippen MR) is 167 cm³/mol. The lowest BCUT2D eigenvalue weighted by atomic mass is 10.0. The van der Waals surface area contributed by atoms with E-state index in [-0.39, 0.29) is 0 Å². The number of rotatable bonds is 3. The van der Waals surface area contributed by atoms with Gasteiger partial charge in [0, 0.05) is 21.5 Å². The van der Waals surface area contributed by atoms with E-state index in [1.807, 2.05) is 18.2 Å². The molecule has 0 amide bonds. The Labute approximate surface area is 231 Å². The molecule has 0 saturated heterocycles. The average Bonchev–Trinajstić information content (AvgIpc) is 3.54. The van der Waals surface area contributed by atoms with Crippen LogP contribution >= 0.6 is 0 Å². The van der Waals surface area contributed by atoms with E-state index in [9.17, 15) is 0 Å². The lowest BCUT2D eigenvalue weighted by Crippen LogP contribution is -2.00. The van der Waals surface area contributed by atoms with Crippen LogP contribution in [-0.2, 0) is 0 Å². The van der Waals surface area contributed by atoms with Crippen molar-refractivity contribution in [3.63, 3.8) is 0 Å². The Balaban J connectivity index is 1.56. The summed E-state index contributed by atoms with van der Waals surface area (Å²) in [6.45, 7) is 7.92. The van der Waals surface area contributed by atoms with Gasteiger partial charge in [-0.15, -0.1) is 0 Å². The molecular formula is C37H23N3. The van der Waals surface area contributed by atoms with Crippen LogP contribution in [0.2, 0.25) is 0 Å². The maximum atomic E-state index is 7.92. The van der Waals surface area contributed by atoms with E-state index >= 15 is 0 Å². The molecule has 40 heavy (non-hydrogen) atoms. The zero-order chi connectivity index (χ0) is 26.6. The molecule has 0 atom stereocenters. The fraction of sp³-hybridized carbons (Fsp3) is 0. The van der Waals surface area contributed by atoms with Crippen molar-refractivity contribution in [2.45, 2.75) is 0 Å². The summed E-state index contributed by atoms with van der Waals surface area (Å²) in [4.78, 5) is 3.90. The smallest absolute Gasteiger partial charge is 0.210 e. The zero-order valence-corrected chi connectivity index (χ0v) is 21.6. The fourth-order valence-corrected chi connectivity index (χ4v) is 6.22. The highest BCUT2D eigenvalue weighted by Crippen LogP contribution is 2.41. The minimum absolute atomic E-state index is 0.633. The second-order valence-corrected chi connectivity index (χ2v) is 10.1. The third kappa shape index (κ3) is 3.17. The number of aromatic nitrogens is 2. The van der Waals surface area contributed by atoms with E-state index in [0.717, 1.165) is 38.8 Å². The molecule has 8 rings (SSSR count). The van der Waals surface area contributed by atoms with Gasteiger partial charge in [0.25, 0.3) is 0 Å². The number of benzene rings is 6. The van der Waals surface area contributed by atoms with Crippen molar-refractivity contribution in [3.05, 3.63) is 151 Å². The van der Waals surface area contributed by atoms with Gasteiger partial charge in [-0.2, -0.15) is 0 Å². The summed E-state index contributed by atoms with van der Waals surface area (Å²) in [5.41, 5.74) is 9.48. The lowest BCUT2D eigenvalue weighted by Gasteiger charge is -2.15. The minimum atomic E-state index is 0.633. The number of fused-ring (bicyclic) bond motifs is 6. The van der Waals surface area contributed by atoms with Crippen molar-refractivity contribution in [3.8, 4) is 22.5 Å². The van der Waals surface area contributed by atoms with Crippen molar-refractivity contribution < 1.29 is 0 Å². The second-order valence-electron chi connectivity index (χ2n) is 10.1. The molecule has 0 saturated carbocycles. The molecule has 2 heterocycles. The van der Waals surface area contributed by atoms with E-state index in [2.05, 4.69) is 135 Å². The third-order valence-electron chi connectivity index (χ3n) is 7.94. The molecule has 0 spiro atoms. The Morgan fingerprint density at radius 2 is 1.02 bits per heavy atom. The van der Waals surface area contributed by atoms with Gasteiger partial charge in [0.05, 0.1) is 40.0 Å². The molecule has 0 radical (unpaired) electrons. The summed E-state index contributed by atoms with van der Waals surface area (Å²) in [7, 11) is 0. The van der Waals surface area contributed by atoms with E-state index in [1.54, 1.807) is 0 Å². The number of para-hydroxylation sites is 5. The summed E-state index contributed by atoms with van der Waals surface area (Å²) < 4.78 is 4.67. The Hall–Kier alpha value is -5.59. The molecule has 8 aromatic rings.